The molecule has 0 aromatic heterocycles. The fourth-order valence-electron chi connectivity index (χ4n) is 2.78. The maximum absolute atomic E-state index is 10.4. The van der Waals surface area contributed by atoms with Crippen molar-refractivity contribution >= 4 is 21.7 Å². The van der Waals surface area contributed by atoms with E-state index in [1.54, 1.807) is 12.1 Å². The van der Waals surface area contributed by atoms with Gasteiger partial charge in [0.05, 0.1) is 25.0 Å². The third kappa shape index (κ3) is 13.2. The molecule has 0 fully saturated rings. The van der Waals surface area contributed by atoms with Gasteiger partial charge in [-0.1, -0.05) is 68.8 Å². The molecule has 27 heavy (non-hydrogen) atoms. The molecule has 0 aliphatic rings. The summed E-state index contributed by atoms with van der Waals surface area (Å²) < 4.78 is 32.2. The van der Waals surface area contributed by atoms with Crippen LogP contribution in [0.25, 0.3) is 0 Å². The average Bonchev–Trinajstić information content (AvgIpc) is 2.62. The van der Waals surface area contributed by atoms with Gasteiger partial charge in [-0.3, -0.25) is 0 Å². The van der Waals surface area contributed by atoms with Crippen molar-refractivity contribution in [2.45, 2.75) is 77.0 Å². The van der Waals surface area contributed by atoms with Gasteiger partial charge in [0.25, 0.3) is 0 Å². The second-order valence-corrected chi connectivity index (χ2v) is 9.19. The first-order valence-electron chi connectivity index (χ1n) is 10.1. The Balaban J connectivity index is 0.000000533. The SMILES string of the molecule is CCCCCCC[N+](C)(CCl)CCCCC.Cc1ccc(S(=O)(=O)[O-])cc1. The summed E-state index contributed by atoms with van der Waals surface area (Å²) >= 11 is 6.10. The predicted molar refractivity (Wildman–Crippen MR) is 114 cm³/mol. The average molecular weight is 420 g/mol. The number of rotatable bonds is 12. The number of hydrogen-bond donors (Lipinski definition) is 0. The van der Waals surface area contributed by atoms with E-state index in [9.17, 15) is 13.0 Å². The largest absolute Gasteiger partial charge is 0.744 e. The summed E-state index contributed by atoms with van der Waals surface area (Å²) in [5, 5.41) is 0. The number of hydrogen-bond acceptors (Lipinski definition) is 3. The van der Waals surface area contributed by atoms with Gasteiger partial charge < -0.3 is 9.04 Å². The third-order valence-corrected chi connectivity index (χ3v) is 6.13. The van der Waals surface area contributed by atoms with E-state index in [4.69, 9.17) is 11.6 Å². The molecule has 1 rings (SSSR count). The topological polar surface area (TPSA) is 57.2 Å². The Morgan fingerprint density at radius 1 is 0.889 bits per heavy atom. The number of unbranched alkanes of at least 4 members (excludes halogenated alkanes) is 6. The van der Waals surface area contributed by atoms with Gasteiger partial charge >= 0.3 is 0 Å². The van der Waals surface area contributed by atoms with E-state index in [0.717, 1.165) is 16.1 Å². The van der Waals surface area contributed by atoms with Crippen molar-refractivity contribution in [3.63, 3.8) is 0 Å². The van der Waals surface area contributed by atoms with Gasteiger partial charge in [-0.25, -0.2) is 8.42 Å². The number of alkyl halides is 1. The number of nitrogens with zero attached hydrogens (tertiary/aromatic N) is 1. The first kappa shape index (κ1) is 26.4. The molecule has 1 atom stereocenters. The second kappa shape index (κ2) is 14.4. The molecule has 1 unspecified atom stereocenters. The lowest BCUT2D eigenvalue weighted by atomic mass is 10.1. The molecule has 0 bridgehead atoms. The molecule has 6 heteroatoms. The minimum atomic E-state index is -4.27. The molecule has 0 N–H and O–H groups in total. The van der Waals surface area contributed by atoms with Gasteiger partial charge in [-0.15, -0.1) is 0 Å². The lowest BCUT2D eigenvalue weighted by Crippen LogP contribution is -2.44. The van der Waals surface area contributed by atoms with Crippen molar-refractivity contribution in [3.05, 3.63) is 29.8 Å². The quantitative estimate of drug-likeness (QED) is 0.144. The minimum absolute atomic E-state index is 0.178. The number of aryl methyl sites for hydroxylation is 1. The fraction of sp³-hybridized carbons (Fsp3) is 0.714. The zero-order chi connectivity index (χ0) is 20.8. The van der Waals surface area contributed by atoms with E-state index >= 15 is 0 Å². The Morgan fingerprint density at radius 3 is 1.78 bits per heavy atom. The Morgan fingerprint density at radius 2 is 1.33 bits per heavy atom. The molecule has 0 amide bonds. The van der Waals surface area contributed by atoms with Crippen molar-refractivity contribution in [2.24, 2.45) is 0 Å². The summed E-state index contributed by atoms with van der Waals surface area (Å²) in [5.74, 6) is 0. The molecule has 1 aromatic carbocycles. The van der Waals surface area contributed by atoms with Crippen LogP contribution in [0, 0.1) is 6.92 Å². The monoisotopic (exact) mass is 419 g/mol. The van der Waals surface area contributed by atoms with E-state index in [1.165, 1.54) is 76.6 Å². The lowest BCUT2D eigenvalue weighted by Gasteiger charge is -2.32. The van der Waals surface area contributed by atoms with Gasteiger partial charge in [-0.05, 0) is 44.7 Å². The highest BCUT2D eigenvalue weighted by molar-refractivity contribution is 7.85. The Bertz CT molecular complexity index is 590. The molecule has 0 saturated carbocycles. The van der Waals surface area contributed by atoms with Crippen molar-refractivity contribution in [2.75, 3.05) is 26.1 Å². The minimum Gasteiger partial charge on any atom is -0.744 e. The van der Waals surface area contributed by atoms with Crippen LogP contribution in [0.2, 0.25) is 0 Å². The third-order valence-electron chi connectivity index (χ3n) is 4.70. The zero-order valence-electron chi connectivity index (χ0n) is 17.5. The summed E-state index contributed by atoms with van der Waals surface area (Å²) in [6.07, 6.45) is 10.8. The van der Waals surface area contributed by atoms with Crippen molar-refractivity contribution in [1.29, 1.82) is 0 Å². The maximum Gasteiger partial charge on any atom is 0.154 e. The molecule has 4 nitrogen and oxygen atoms in total. The number of benzene rings is 1. The van der Waals surface area contributed by atoms with Crippen LogP contribution >= 0.6 is 11.6 Å². The first-order valence-corrected chi connectivity index (χ1v) is 12.0. The molecule has 1 aromatic rings. The first-order chi connectivity index (χ1) is 12.7. The van der Waals surface area contributed by atoms with E-state index in [2.05, 4.69) is 20.9 Å². The summed E-state index contributed by atoms with van der Waals surface area (Å²) in [4.78, 5) is -0.178. The molecule has 0 saturated heterocycles. The zero-order valence-corrected chi connectivity index (χ0v) is 19.1. The van der Waals surface area contributed by atoms with Crippen LogP contribution in [0.5, 0.6) is 0 Å². The molecule has 0 heterocycles. The van der Waals surface area contributed by atoms with Gasteiger partial charge in [0, 0.05) is 0 Å². The Labute approximate surface area is 172 Å². The summed E-state index contributed by atoms with van der Waals surface area (Å²) in [5.41, 5.74) is 0.928. The van der Waals surface area contributed by atoms with Crippen LogP contribution in [-0.4, -0.2) is 43.6 Å². The van der Waals surface area contributed by atoms with Gasteiger partial charge in [0.1, 0.15) is 10.1 Å². The standard InChI is InChI=1S/C14H31ClN.C7H8O3S/c1-4-6-8-9-11-13-16(3,14-15)12-10-7-5-2;1-6-2-4-7(5-3-6)11(8,9)10/h4-14H2,1-3H3;2-5H,1H3,(H,8,9,10)/q+1;/p-1. The normalized spacial score (nSPS) is 13.6. The van der Waals surface area contributed by atoms with Crippen LogP contribution < -0.4 is 0 Å². The van der Waals surface area contributed by atoms with Gasteiger partial charge in [0.15, 0.2) is 6.00 Å². The van der Waals surface area contributed by atoms with Crippen LogP contribution in [0.4, 0.5) is 0 Å². The van der Waals surface area contributed by atoms with E-state index in [1.807, 2.05) is 6.92 Å². The van der Waals surface area contributed by atoms with Gasteiger partial charge in [0.2, 0.25) is 0 Å². The Kier molecular flexibility index (Phi) is 14.1. The number of halogens is 1. The van der Waals surface area contributed by atoms with E-state index < -0.39 is 10.1 Å². The smallest absolute Gasteiger partial charge is 0.154 e. The van der Waals surface area contributed by atoms with Crippen LogP contribution in [0.15, 0.2) is 29.2 Å². The molecular formula is C21H38ClNO3S. The van der Waals surface area contributed by atoms with Crippen molar-refractivity contribution < 1.29 is 17.5 Å². The second-order valence-electron chi connectivity index (χ2n) is 7.57. The van der Waals surface area contributed by atoms with Crippen LogP contribution in [0.3, 0.4) is 0 Å². The summed E-state index contributed by atoms with van der Waals surface area (Å²) in [7, 11) is -1.96. The summed E-state index contributed by atoms with van der Waals surface area (Å²) in [6, 6.07) is 6.56. The molecule has 0 aliphatic heterocycles. The van der Waals surface area contributed by atoms with Crippen LogP contribution in [-0.2, 0) is 10.1 Å². The highest BCUT2D eigenvalue weighted by atomic mass is 35.5. The van der Waals surface area contributed by atoms with Gasteiger partial charge in [-0.2, -0.15) is 0 Å². The maximum atomic E-state index is 10.4. The van der Waals surface area contributed by atoms with E-state index in [-0.39, 0.29) is 4.90 Å². The molecule has 0 aliphatic carbocycles. The molecular weight excluding hydrogens is 382 g/mol. The van der Waals surface area contributed by atoms with Crippen LogP contribution in [0.1, 0.15) is 70.8 Å². The summed E-state index contributed by atoms with van der Waals surface area (Å²) in [6.45, 7) is 8.86. The van der Waals surface area contributed by atoms with Crippen molar-refractivity contribution in [3.8, 4) is 0 Å². The highest BCUT2D eigenvalue weighted by Gasteiger charge is 2.18. The van der Waals surface area contributed by atoms with E-state index in [0.29, 0.717) is 0 Å². The predicted octanol–water partition coefficient (Wildman–Crippen LogP) is 5.69. The Hall–Kier alpha value is -0.620. The number of quaternary nitrogens is 1. The highest BCUT2D eigenvalue weighted by Crippen LogP contribution is 2.12. The molecule has 158 valence electrons. The molecule has 0 spiro atoms. The fourth-order valence-corrected chi connectivity index (χ4v) is 3.49. The van der Waals surface area contributed by atoms with Crippen molar-refractivity contribution in [1.82, 2.24) is 0 Å². The molecule has 0 radical (unpaired) electrons. The lowest BCUT2D eigenvalue weighted by molar-refractivity contribution is -0.899.